The first-order chi connectivity index (χ1) is 13.1. The third-order valence-corrected chi connectivity index (χ3v) is 6.03. The van der Waals surface area contributed by atoms with Gasteiger partial charge in [0.15, 0.2) is 0 Å². The summed E-state index contributed by atoms with van der Waals surface area (Å²) in [6.45, 7) is 1.16. The van der Waals surface area contributed by atoms with E-state index in [0.29, 0.717) is 13.1 Å². The van der Waals surface area contributed by atoms with Gasteiger partial charge in [-0.2, -0.15) is 0 Å². The zero-order chi connectivity index (χ0) is 18.5. The predicted octanol–water partition coefficient (Wildman–Crippen LogP) is 4.02. The van der Waals surface area contributed by atoms with Crippen LogP contribution < -0.4 is 0 Å². The van der Waals surface area contributed by atoms with Crippen molar-refractivity contribution >= 4 is 16.8 Å². The molecule has 1 aromatic heterocycles. The topological polar surface area (TPSA) is 56.3 Å². The van der Waals surface area contributed by atoms with E-state index in [1.165, 1.54) is 6.07 Å². The van der Waals surface area contributed by atoms with Gasteiger partial charge >= 0.3 is 0 Å². The van der Waals surface area contributed by atoms with Gasteiger partial charge in [0.1, 0.15) is 11.6 Å². The summed E-state index contributed by atoms with van der Waals surface area (Å²) in [5, 5.41) is 11.0. The van der Waals surface area contributed by atoms with Crippen LogP contribution >= 0.6 is 0 Å². The Kier molecular flexibility index (Phi) is 3.71. The number of aromatic nitrogens is 1. The van der Waals surface area contributed by atoms with Gasteiger partial charge in [0, 0.05) is 41.7 Å². The van der Waals surface area contributed by atoms with Crippen LogP contribution in [0.25, 0.3) is 10.9 Å². The van der Waals surface area contributed by atoms with Gasteiger partial charge in [0.05, 0.1) is 5.92 Å². The second-order valence-electron chi connectivity index (χ2n) is 7.57. The standard InChI is InChI=1S/C22H21FN2O2/c23-13-7-8-19-17(11-13)18-12-25(10-9-20(18)24-19)22(27)16-5-1-4-15-14(16)3-2-6-21(15)26/h2-3,6-8,11,16,24,26H,1,4-5,9-10,12H2. The molecule has 0 saturated heterocycles. The molecule has 2 aliphatic rings. The second kappa shape index (κ2) is 6.12. The molecular formula is C22H21FN2O2. The van der Waals surface area contributed by atoms with Gasteiger partial charge in [-0.3, -0.25) is 4.79 Å². The molecule has 2 N–H and O–H groups in total. The highest BCUT2D eigenvalue weighted by molar-refractivity contribution is 5.88. The van der Waals surface area contributed by atoms with Crippen LogP contribution in [-0.2, 0) is 24.2 Å². The number of amides is 1. The Morgan fingerprint density at radius 3 is 2.96 bits per heavy atom. The van der Waals surface area contributed by atoms with Gasteiger partial charge in [-0.1, -0.05) is 12.1 Å². The van der Waals surface area contributed by atoms with Crippen molar-refractivity contribution in [2.24, 2.45) is 0 Å². The quantitative estimate of drug-likeness (QED) is 0.685. The number of phenolic OH excluding ortho intramolecular Hbond substituents is 1. The highest BCUT2D eigenvalue weighted by Gasteiger charge is 2.33. The Morgan fingerprint density at radius 1 is 1.19 bits per heavy atom. The maximum atomic E-state index is 13.7. The lowest BCUT2D eigenvalue weighted by Crippen LogP contribution is -2.39. The third kappa shape index (κ3) is 2.60. The summed E-state index contributed by atoms with van der Waals surface area (Å²) >= 11 is 0. The lowest BCUT2D eigenvalue weighted by molar-refractivity contribution is -0.134. The Labute approximate surface area is 156 Å². The van der Waals surface area contributed by atoms with Gasteiger partial charge in [-0.05, 0) is 54.7 Å². The van der Waals surface area contributed by atoms with E-state index in [-0.39, 0.29) is 23.4 Å². The molecule has 0 fully saturated rings. The first-order valence-electron chi connectivity index (χ1n) is 9.50. The number of aromatic hydroxyl groups is 1. The van der Waals surface area contributed by atoms with Crippen molar-refractivity contribution in [2.75, 3.05) is 6.54 Å². The molecule has 5 rings (SSSR count). The van der Waals surface area contributed by atoms with E-state index < -0.39 is 0 Å². The number of benzene rings is 2. The minimum atomic E-state index is -0.260. The summed E-state index contributed by atoms with van der Waals surface area (Å²) in [6, 6.07) is 10.2. The van der Waals surface area contributed by atoms with Crippen molar-refractivity contribution in [1.29, 1.82) is 0 Å². The van der Waals surface area contributed by atoms with Crippen LogP contribution in [0.5, 0.6) is 5.75 Å². The Bertz CT molecular complexity index is 1060. The molecule has 2 heterocycles. The summed E-state index contributed by atoms with van der Waals surface area (Å²) < 4.78 is 13.7. The van der Waals surface area contributed by atoms with E-state index in [4.69, 9.17) is 0 Å². The fourth-order valence-corrected chi connectivity index (χ4v) is 4.68. The van der Waals surface area contributed by atoms with Crippen molar-refractivity contribution in [3.8, 4) is 5.75 Å². The molecular weight excluding hydrogens is 343 g/mol. The zero-order valence-corrected chi connectivity index (χ0v) is 15.0. The molecule has 2 aromatic carbocycles. The number of aromatic amines is 1. The van der Waals surface area contributed by atoms with E-state index in [1.54, 1.807) is 18.2 Å². The molecule has 0 bridgehead atoms. The fourth-order valence-electron chi connectivity index (χ4n) is 4.68. The first-order valence-corrected chi connectivity index (χ1v) is 9.50. The van der Waals surface area contributed by atoms with Crippen LogP contribution in [0.4, 0.5) is 4.39 Å². The van der Waals surface area contributed by atoms with Crippen molar-refractivity contribution in [2.45, 2.75) is 38.1 Å². The number of halogens is 1. The van der Waals surface area contributed by atoms with E-state index in [0.717, 1.165) is 59.0 Å². The normalized spacial score (nSPS) is 19.0. The van der Waals surface area contributed by atoms with E-state index in [1.807, 2.05) is 17.0 Å². The summed E-state index contributed by atoms with van der Waals surface area (Å²) in [6.07, 6.45) is 3.27. The van der Waals surface area contributed by atoms with Gasteiger partial charge in [-0.25, -0.2) is 4.39 Å². The molecule has 1 aliphatic carbocycles. The van der Waals surface area contributed by atoms with Crippen molar-refractivity contribution in [3.05, 3.63) is 64.6 Å². The minimum Gasteiger partial charge on any atom is -0.508 e. The largest absolute Gasteiger partial charge is 0.508 e. The van der Waals surface area contributed by atoms with Crippen LogP contribution in [-0.4, -0.2) is 27.4 Å². The average Bonchev–Trinajstić information content (AvgIpc) is 3.04. The summed E-state index contributed by atoms with van der Waals surface area (Å²) in [4.78, 5) is 18.6. The first kappa shape index (κ1) is 16.4. The molecule has 1 unspecified atom stereocenters. The molecule has 5 heteroatoms. The molecule has 0 spiro atoms. The zero-order valence-electron chi connectivity index (χ0n) is 15.0. The molecule has 0 saturated carbocycles. The third-order valence-electron chi connectivity index (χ3n) is 6.03. The molecule has 138 valence electrons. The van der Waals surface area contributed by atoms with Crippen LogP contribution in [0.2, 0.25) is 0 Å². The number of hydrogen-bond donors (Lipinski definition) is 2. The number of rotatable bonds is 1. The van der Waals surface area contributed by atoms with E-state index in [2.05, 4.69) is 4.98 Å². The summed E-state index contributed by atoms with van der Waals surface area (Å²) in [7, 11) is 0. The summed E-state index contributed by atoms with van der Waals surface area (Å²) in [5.41, 5.74) is 4.91. The Morgan fingerprint density at radius 2 is 2.07 bits per heavy atom. The Balaban J connectivity index is 1.48. The van der Waals surface area contributed by atoms with E-state index >= 15 is 0 Å². The monoisotopic (exact) mass is 364 g/mol. The molecule has 0 radical (unpaired) electrons. The summed E-state index contributed by atoms with van der Waals surface area (Å²) in [5.74, 6) is -0.0650. The number of fused-ring (bicyclic) bond motifs is 4. The van der Waals surface area contributed by atoms with Crippen molar-refractivity contribution in [1.82, 2.24) is 9.88 Å². The molecule has 1 aliphatic heterocycles. The fraction of sp³-hybridized carbons (Fsp3) is 0.318. The van der Waals surface area contributed by atoms with E-state index in [9.17, 15) is 14.3 Å². The average molecular weight is 364 g/mol. The number of phenols is 1. The highest BCUT2D eigenvalue weighted by atomic mass is 19.1. The SMILES string of the molecule is O=C(C1CCCc2c(O)cccc21)N1CCc2[nH]c3ccc(F)cc3c2C1. The van der Waals surface area contributed by atoms with Gasteiger partial charge in [0.2, 0.25) is 5.91 Å². The predicted molar refractivity (Wildman–Crippen MR) is 101 cm³/mol. The van der Waals surface area contributed by atoms with Crippen LogP contribution in [0.3, 0.4) is 0 Å². The van der Waals surface area contributed by atoms with Gasteiger partial charge in [0.25, 0.3) is 0 Å². The van der Waals surface area contributed by atoms with Crippen LogP contribution in [0, 0.1) is 5.82 Å². The minimum absolute atomic E-state index is 0.109. The van der Waals surface area contributed by atoms with Crippen LogP contribution in [0.1, 0.15) is 41.1 Å². The smallest absolute Gasteiger partial charge is 0.230 e. The molecule has 3 aromatic rings. The van der Waals surface area contributed by atoms with Gasteiger partial charge < -0.3 is 15.0 Å². The Hall–Kier alpha value is -2.82. The lowest BCUT2D eigenvalue weighted by Gasteiger charge is -2.33. The highest BCUT2D eigenvalue weighted by Crippen LogP contribution is 2.38. The van der Waals surface area contributed by atoms with Crippen molar-refractivity contribution in [3.63, 3.8) is 0 Å². The molecule has 1 amide bonds. The molecule has 27 heavy (non-hydrogen) atoms. The molecule has 4 nitrogen and oxygen atoms in total. The van der Waals surface area contributed by atoms with Crippen LogP contribution in [0.15, 0.2) is 36.4 Å². The molecule has 1 atom stereocenters. The number of nitrogens with zero attached hydrogens (tertiary/aromatic N) is 1. The maximum absolute atomic E-state index is 13.7. The second-order valence-corrected chi connectivity index (χ2v) is 7.57. The van der Waals surface area contributed by atoms with Gasteiger partial charge in [-0.15, -0.1) is 0 Å². The lowest BCUT2D eigenvalue weighted by atomic mass is 9.81. The number of carbonyl (C=O) groups excluding carboxylic acids is 1. The van der Waals surface area contributed by atoms with Crippen molar-refractivity contribution < 1.29 is 14.3 Å². The number of carbonyl (C=O) groups is 1. The maximum Gasteiger partial charge on any atom is 0.230 e. The number of hydrogen-bond acceptors (Lipinski definition) is 2. The number of nitrogens with one attached hydrogen (secondary N) is 1. The number of H-pyrrole nitrogens is 1.